The summed E-state index contributed by atoms with van der Waals surface area (Å²) in [5, 5.41) is 26.4. The van der Waals surface area contributed by atoms with E-state index in [-0.39, 0.29) is 12.3 Å². The highest BCUT2D eigenvalue weighted by Crippen LogP contribution is 2.19. The smallest absolute Gasteiger partial charge is 0.328 e. The van der Waals surface area contributed by atoms with Crippen LogP contribution in [-0.4, -0.2) is 75.6 Å². The Labute approximate surface area is 213 Å². The Morgan fingerprint density at radius 1 is 0.973 bits per heavy atom. The molecule has 0 aliphatic rings. The van der Waals surface area contributed by atoms with E-state index >= 15 is 0 Å². The maximum absolute atomic E-state index is 13.1. The standard InChI is InChI=1S/C24H34N6O7/c1-3-12(2)20(26)23(35)29-17(9-19(25)32)22(34)28-16(21(33)30-18(11-31)24(36)37)8-13-10-27-15-7-5-4-6-14(13)15/h4-7,10,12,16-18,20,27,31H,3,8-9,11,26H2,1-2H3,(H2,25,32)(H,28,34)(H,29,35)(H,30,33)(H,36,37). The molecule has 37 heavy (non-hydrogen) atoms. The van der Waals surface area contributed by atoms with Gasteiger partial charge in [-0.05, 0) is 17.5 Å². The Morgan fingerprint density at radius 2 is 1.57 bits per heavy atom. The summed E-state index contributed by atoms with van der Waals surface area (Å²) in [5.74, 6) is -4.99. The highest BCUT2D eigenvalue weighted by atomic mass is 16.4. The number of nitrogens with one attached hydrogen (secondary N) is 4. The van der Waals surface area contributed by atoms with E-state index in [1.54, 1.807) is 25.3 Å². The Hall–Kier alpha value is -3.97. The topological polar surface area (TPSA) is 230 Å². The predicted octanol–water partition coefficient (Wildman–Crippen LogP) is -1.51. The monoisotopic (exact) mass is 518 g/mol. The zero-order valence-corrected chi connectivity index (χ0v) is 20.7. The molecule has 5 atom stereocenters. The van der Waals surface area contributed by atoms with Gasteiger partial charge in [0.2, 0.25) is 23.6 Å². The molecule has 1 heterocycles. The van der Waals surface area contributed by atoms with E-state index in [4.69, 9.17) is 11.5 Å². The molecule has 0 spiro atoms. The summed E-state index contributed by atoms with van der Waals surface area (Å²) < 4.78 is 0. The molecule has 0 aliphatic heterocycles. The van der Waals surface area contributed by atoms with Crippen LogP contribution in [0.2, 0.25) is 0 Å². The fourth-order valence-corrected chi connectivity index (χ4v) is 3.65. The van der Waals surface area contributed by atoms with Crippen molar-refractivity contribution in [2.45, 2.75) is 57.3 Å². The molecular weight excluding hydrogens is 484 g/mol. The maximum atomic E-state index is 13.1. The van der Waals surface area contributed by atoms with Crippen molar-refractivity contribution in [2.24, 2.45) is 17.4 Å². The third-order valence-corrected chi connectivity index (χ3v) is 6.13. The largest absolute Gasteiger partial charge is 0.480 e. The molecule has 2 aromatic rings. The molecular formula is C24H34N6O7. The van der Waals surface area contributed by atoms with Crippen LogP contribution in [0.5, 0.6) is 0 Å². The summed E-state index contributed by atoms with van der Waals surface area (Å²) in [6.07, 6.45) is 1.62. The number of amides is 4. The Balaban J connectivity index is 2.31. The molecule has 13 heteroatoms. The number of hydrogen-bond donors (Lipinski definition) is 8. The third kappa shape index (κ3) is 8.02. The van der Waals surface area contributed by atoms with Crippen molar-refractivity contribution in [3.05, 3.63) is 36.0 Å². The molecule has 0 saturated heterocycles. The van der Waals surface area contributed by atoms with Crippen molar-refractivity contribution in [1.82, 2.24) is 20.9 Å². The molecule has 13 nitrogen and oxygen atoms in total. The van der Waals surface area contributed by atoms with Gasteiger partial charge in [0, 0.05) is 23.5 Å². The third-order valence-electron chi connectivity index (χ3n) is 6.13. The van der Waals surface area contributed by atoms with E-state index in [2.05, 4.69) is 20.9 Å². The van der Waals surface area contributed by atoms with Gasteiger partial charge < -0.3 is 42.6 Å². The molecule has 0 radical (unpaired) electrons. The normalized spacial score (nSPS) is 15.1. The number of rotatable bonds is 14. The van der Waals surface area contributed by atoms with Crippen molar-refractivity contribution in [2.75, 3.05) is 6.61 Å². The first-order valence-electron chi connectivity index (χ1n) is 11.8. The van der Waals surface area contributed by atoms with Gasteiger partial charge >= 0.3 is 5.97 Å². The number of nitrogens with two attached hydrogens (primary N) is 2. The first kappa shape index (κ1) is 29.3. The number of fused-ring (bicyclic) bond motifs is 1. The summed E-state index contributed by atoms with van der Waals surface area (Å²) in [5.41, 5.74) is 12.6. The van der Waals surface area contributed by atoms with Gasteiger partial charge in [0.05, 0.1) is 19.1 Å². The second-order valence-corrected chi connectivity index (χ2v) is 8.85. The van der Waals surface area contributed by atoms with Gasteiger partial charge in [-0.1, -0.05) is 38.5 Å². The average Bonchev–Trinajstić information content (AvgIpc) is 3.27. The van der Waals surface area contributed by atoms with Crippen LogP contribution in [0.1, 0.15) is 32.3 Å². The summed E-state index contributed by atoms with van der Waals surface area (Å²) in [4.78, 5) is 64.7. The van der Waals surface area contributed by atoms with Crippen molar-refractivity contribution in [3.63, 3.8) is 0 Å². The zero-order chi connectivity index (χ0) is 27.7. The minimum absolute atomic E-state index is 0.0665. The van der Waals surface area contributed by atoms with Crippen LogP contribution in [0.3, 0.4) is 0 Å². The summed E-state index contributed by atoms with van der Waals surface area (Å²) in [7, 11) is 0. The molecule has 5 unspecified atom stereocenters. The number of aromatic nitrogens is 1. The number of para-hydroxylation sites is 1. The molecule has 202 valence electrons. The lowest BCUT2D eigenvalue weighted by Gasteiger charge is -2.25. The SMILES string of the molecule is CCC(C)C(N)C(=O)NC(CC(N)=O)C(=O)NC(Cc1c[nH]c2ccccc12)C(=O)NC(CO)C(=O)O. The number of aliphatic hydroxyl groups excluding tert-OH is 1. The molecule has 10 N–H and O–H groups in total. The highest BCUT2D eigenvalue weighted by molar-refractivity contribution is 5.96. The Kier molecular flexibility index (Phi) is 10.6. The van der Waals surface area contributed by atoms with Crippen LogP contribution < -0.4 is 27.4 Å². The van der Waals surface area contributed by atoms with Crippen molar-refractivity contribution >= 4 is 40.5 Å². The molecule has 0 saturated carbocycles. The van der Waals surface area contributed by atoms with Gasteiger partial charge in [-0.3, -0.25) is 19.2 Å². The predicted molar refractivity (Wildman–Crippen MR) is 134 cm³/mol. The van der Waals surface area contributed by atoms with Crippen LogP contribution >= 0.6 is 0 Å². The maximum Gasteiger partial charge on any atom is 0.328 e. The van der Waals surface area contributed by atoms with Crippen molar-refractivity contribution in [3.8, 4) is 0 Å². The van der Waals surface area contributed by atoms with Crippen LogP contribution in [0.4, 0.5) is 0 Å². The number of H-pyrrole nitrogens is 1. The van der Waals surface area contributed by atoms with Gasteiger partial charge in [-0.25, -0.2) is 4.79 Å². The lowest BCUT2D eigenvalue weighted by molar-refractivity contribution is -0.143. The number of carboxylic acid groups (broad SMARTS) is 1. The number of aliphatic hydroxyl groups is 1. The number of hydrogen-bond acceptors (Lipinski definition) is 7. The molecule has 0 aliphatic carbocycles. The van der Waals surface area contributed by atoms with Crippen LogP contribution in [0.25, 0.3) is 10.9 Å². The van der Waals surface area contributed by atoms with Crippen LogP contribution in [0.15, 0.2) is 30.5 Å². The van der Waals surface area contributed by atoms with Crippen molar-refractivity contribution < 1.29 is 34.2 Å². The second kappa shape index (κ2) is 13.4. The molecule has 1 aromatic heterocycles. The minimum Gasteiger partial charge on any atom is -0.480 e. The molecule has 4 amide bonds. The van der Waals surface area contributed by atoms with Crippen molar-refractivity contribution in [1.29, 1.82) is 0 Å². The lowest BCUT2D eigenvalue weighted by Crippen LogP contribution is -2.59. The van der Waals surface area contributed by atoms with Gasteiger partial charge in [0.15, 0.2) is 0 Å². The number of carbonyl (C=O) groups is 5. The molecule has 0 bridgehead atoms. The molecule has 0 fully saturated rings. The number of primary amides is 1. The Bertz CT molecular complexity index is 1130. The second-order valence-electron chi connectivity index (χ2n) is 8.85. The first-order chi connectivity index (χ1) is 17.5. The van der Waals surface area contributed by atoms with E-state index in [0.717, 1.165) is 10.9 Å². The molecule has 1 aromatic carbocycles. The minimum atomic E-state index is -1.61. The fraction of sp³-hybridized carbons (Fsp3) is 0.458. The van der Waals surface area contributed by atoms with Gasteiger partial charge in [-0.15, -0.1) is 0 Å². The number of aromatic amines is 1. The number of carboxylic acids is 1. The highest BCUT2D eigenvalue weighted by Gasteiger charge is 2.32. The van der Waals surface area contributed by atoms with E-state index in [1.807, 2.05) is 19.1 Å². The summed E-state index contributed by atoms with van der Waals surface area (Å²) in [6.45, 7) is 2.73. The van der Waals surface area contributed by atoms with Gasteiger partial charge in [-0.2, -0.15) is 0 Å². The number of carbonyl (C=O) groups excluding carboxylic acids is 4. The van der Waals surface area contributed by atoms with E-state index < -0.39 is 66.8 Å². The van der Waals surface area contributed by atoms with E-state index in [1.165, 1.54) is 0 Å². The lowest BCUT2D eigenvalue weighted by atomic mass is 9.98. The van der Waals surface area contributed by atoms with E-state index in [0.29, 0.717) is 12.0 Å². The van der Waals surface area contributed by atoms with E-state index in [9.17, 15) is 34.2 Å². The van der Waals surface area contributed by atoms with Crippen LogP contribution in [-0.2, 0) is 30.4 Å². The quantitative estimate of drug-likeness (QED) is 0.146. The van der Waals surface area contributed by atoms with Gasteiger partial charge in [0.1, 0.15) is 18.1 Å². The summed E-state index contributed by atoms with van der Waals surface area (Å²) in [6, 6.07) is 1.93. The fourth-order valence-electron chi connectivity index (χ4n) is 3.65. The average molecular weight is 519 g/mol. The molecule has 2 rings (SSSR count). The van der Waals surface area contributed by atoms with Crippen LogP contribution in [0, 0.1) is 5.92 Å². The van der Waals surface area contributed by atoms with Gasteiger partial charge in [0.25, 0.3) is 0 Å². The number of benzene rings is 1. The first-order valence-corrected chi connectivity index (χ1v) is 11.8. The summed E-state index contributed by atoms with van der Waals surface area (Å²) >= 11 is 0. The Morgan fingerprint density at radius 3 is 2.16 bits per heavy atom. The zero-order valence-electron chi connectivity index (χ0n) is 20.7. The number of aliphatic carboxylic acids is 1.